The second kappa shape index (κ2) is 11.9. The molecule has 0 aliphatic carbocycles. The molecule has 3 aromatic carbocycles. The largest absolute Gasteiger partial charge is 0.394 e. The number of aryl methyl sites for hydroxylation is 2. The number of carbonyl (C=O) groups is 3. The number of carbonyl (C=O) groups excluding carboxylic acids is 3. The Labute approximate surface area is 275 Å². The van der Waals surface area contributed by atoms with Crippen LogP contribution in [0.1, 0.15) is 29.2 Å². The van der Waals surface area contributed by atoms with E-state index in [4.69, 9.17) is 4.74 Å². The fraction of sp³-hybridized carbons (Fsp3) is 0.359. The van der Waals surface area contributed by atoms with Gasteiger partial charge in [0.05, 0.1) is 30.1 Å². The zero-order chi connectivity index (χ0) is 32.9. The topological polar surface area (TPSA) is 90.4 Å². The van der Waals surface area contributed by atoms with E-state index in [0.717, 1.165) is 27.9 Å². The van der Waals surface area contributed by atoms with Crippen LogP contribution in [-0.4, -0.2) is 75.6 Å². The number of rotatable bonds is 7. The Kier molecular flexibility index (Phi) is 7.89. The highest BCUT2D eigenvalue weighted by Crippen LogP contribution is 2.58. The van der Waals surface area contributed by atoms with Gasteiger partial charge in [0.1, 0.15) is 11.6 Å². The van der Waals surface area contributed by atoms with Gasteiger partial charge in [-0.05, 0) is 49.4 Å². The molecule has 8 heteroatoms. The average molecular weight is 632 g/mol. The molecule has 3 amide bonds. The number of fused-ring (bicyclic) bond motifs is 2. The first-order valence-corrected chi connectivity index (χ1v) is 16.4. The number of likely N-dealkylation sites (tertiary alicyclic amines) is 1. The first kappa shape index (κ1) is 31.1. The van der Waals surface area contributed by atoms with Crippen LogP contribution in [0.25, 0.3) is 0 Å². The van der Waals surface area contributed by atoms with E-state index in [0.29, 0.717) is 19.5 Å². The van der Waals surface area contributed by atoms with Crippen LogP contribution in [0.3, 0.4) is 0 Å². The maximum absolute atomic E-state index is 15.1. The summed E-state index contributed by atoms with van der Waals surface area (Å²) in [5.74, 6) is -2.65. The van der Waals surface area contributed by atoms with E-state index < -0.39 is 35.1 Å². The third kappa shape index (κ3) is 5.02. The lowest BCUT2D eigenvalue weighted by molar-refractivity contribution is -0.151. The van der Waals surface area contributed by atoms with Crippen molar-refractivity contribution in [2.24, 2.45) is 11.8 Å². The maximum Gasteiger partial charge on any atom is 0.253 e. The summed E-state index contributed by atoms with van der Waals surface area (Å²) in [6.45, 7) is 6.52. The van der Waals surface area contributed by atoms with Gasteiger partial charge in [-0.2, -0.15) is 0 Å². The molecule has 0 saturated carbocycles. The summed E-state index contributed by atoms with van der Waals surface area (Å²) in [4.78, 5) is 49.8. The van der Waals surface area contributed by atoms with Gasteiger partial charge >= 0.3 is 0 Å². The molecule has 2 saturated heterocycles. The predicted molar refractivity (Wildman–Crippen MR) is 179 cm³/mol. The summed E-state index contributed by atoms with van der Waals surface area (Å²) < 4.78 is 7.05. The molecule has 7 rings (SSSR count). The molecule has 4 aliphatic rings. The minimum atomic E-state index is -1.42. The molecule has 2 fully saturated rings. The fourth-order valence-electron chi connectivity index (χ4n) is 8.42. The van der Waals surface area contributed by atoms with Crippen molar-refractivity contribution in [3.05, 3.63) is 125 Å². The molecular weight excluding hydrogens is 590 g/mol. The smallest absolute Gasteiger partial charge is 0.253 e. The number of aliphatic hydroxyl groups is 1. The molecule has 4 heterocycles. The second-order valence-corrected chi connectivity index (χ2v) is 13.5. The molecule has 1 N–H and O–H groups in total. The van der Waals surface area contributed by atoms with Gasteiger partial charge in [0.2, 0.25) is 11.8 Å². The zero-order valence-electron chi connectivity index (χ0n) is 27.1. The van der Waals surface area contributed by atoms with E-state index in [-0.39, 0.29) is 30.9 Å². The Morgan fingerprint density at radius 1 is 0.787 bits per heavy atom. The van der Waals surface area contributed by atoms with Crippen molar-refractivity contribution >= 4 is 23.4 Å². The van der Waals surface area contributed by atoms with Gasteiger partial charge in [0, 0.05) is 25.3 Å². The van der Waals surface area contributed by atoms with Gasteiger partial charge in [-0.1, -0.05) is 103 Å². The standard InChI is InChI=1S/C39H41N3O5/c1-26-13-10-14-27(2)33(26)41-22-12-20-39-32(36(45)42(34(39)37(41)46)30(25-43)23-28-15-6-4-7-16-28)31-35(44)40(21-11-19-38(31,3)47-39)24-29-17-8-5-9-18-29/h4-20,30-32,34,43H,21-25H2,1-3H3/t30-,31+,32+,34?,38-,39+/m1/s1. The minimum Gasteiger partial charge on any atom is -0.394 e. The van der Waals surface area contributed by atoms with Crippen LogP contribution in [0.4, 0.5) is 5.69 Å². The summed E-state index contributed by atoms with van der Waals surface area (Å²) in [6.07, 6.45) is 7.96. The van der Waals surface area contributed by atoms with Gasteiger partial charge < -0.3 is 24.5 Å². The molecule has 47 heavy (non-hydrogen) atoms. The fourth-order valence-corrected chi connectivity index (χ4v) is 8.42. The first-order chi connectivity index (χ1) is 22.7. The van der Waals surface area contributed by atoms with Crippen molar-refractivity contribution in [1.29, 1.82) is 0 Å². The molecule has 0 aromatic heterocycles. The molecular formula is C39H41N3O5. The van der Waals surface area contributed by atoms with E-state index in [1.165, 1.54) is 0 Å². The number of benzene rings is 3. The average Bonchev–Trinajstić information content (AvgIpc) is 3.35. The Morgan fingerprint density at radius 2 is 1.43 bits per heavy atom. The quantitative estimate of drug-likeness (QED) is 0.391. The number of hydrogen-bond acceptors (Lipinski definition) is 5. The van der Waals surface area contributed by atoms with Crippen molar-refractivity contribution in [3.63, 3.8) is 0 Å². The van der Waals surface area contributed by atoms with E-state index >= 15 is 9.59 Å². The molecule has 1 unspecified atom stereocenters. The van der Waals surface area contributed by atoms with Gasteiger partial charge in [0.25, 0.3) is 5.91 Å². The third-order valence-electron chi connectivity index (χ3n) is 10.4. The highest BCUT2D eigenvalue weighted by atomic mass is 16.5. The van der Waals surface area contributed by atoms with E-state index in [2.05, 4.69) is 0 Å². The summed E-state index contributed by atoms with van der Waals surface area (Å²) in [6, 6.07) is 23.6. The molecule has 1 spiro atoms. The van der Waals surface area contributed by atoms with E-state index in [9.17, 15) is 9.90 Å². The summed E-state index contributed by atoms with van der Waals surface area (Å²) in [5, 5.41) is 10.9. The second-order valence-electron chi connectivity index (χ2n) is 13.5. The highest BCUT2D eigenvalue weighted by Gasteiger charge is 2.75. The van der Waals surface area contributed by atoms with Crippen LogP contribution >= 0.6 is 0 Å². The highest BCUT2D eigenvalue weighted by molar-refractivity contribution is 6.06. The molecule has 6 atom stereocenters. The summed E-state index contributed by atoms with van der Waals surface area (Å²) in [5.41, 5.74) is 2.05. The summed E-state index contributed by atoms with van der Waals surface area (Å²) in [7, 11) is 0. The molecule has 0 bridgehead atoms. The van der Waals surface area contributed by atoms with Crippen LogP contribution in [0.2, 0.25) is 0 Å². The molecule has 3 aromatic rings. The number of para-hydroxylation sites is 1. The molecule has 0 radical (unpaired) electrons. The van der Waals surface area contributed by atoms with Crippen LogP contribution < -0.4 is 4.90 Å². The maximum atomic E-state index is 15.1. The van der Waals surface area contributed by atoms with Gasteiger partial charge in [0.15, 0.2) is 0 Å². The van der Waals surface area contributed by atoms with Gasteiger partial charge in [-0.3, -0.25) is 14.4 Å². The SMILES string of the molecule is Cc1cccc(C)c1N1CC=C[C@]23O[C@]4(C)C=CCN(Cc5ccccc5)C(=O)[C@@H]4[C@H]2C(=O)N([C@@H](CO)Cc2ccccc2)C3C1=O. The molecule has 4 aliphatic heterocycles. The number of amides is 3. The Morgan fingerprint density at radius 3 is 2.09 bits per heavy atom. The molecule has 8 nitrogen and oxygen atoms in total. The Hall–Kier alpha value is -4.53. The van der Waals surface area contributed by atoms with Crippen molar-refractivity contribution in [1.82, 2.24) is 9.80 Å². The van der Waals surface area contributed by atoms with Crippen LogP contribution in [0.5, 0.6) is 0 Å². The summed E-state index contributed by atoms with van der Waals surface area (Å²) >= 11 is 0. The lowest BCUT2D eigenvalue weighted by Crippen LogP contribution is -2.59. The van der Waals surface area contributed by atoms with Gasteiger partial charge in [-0.15, -0.1) is 0 Å². The third-order valence-corrected chi connectivity index (χ3v) is 10.4. The normalized spacial score (nSPS) is 29.0. The van der Waals surface area contributed by atoms with Crippen molar-refractivity contribution in [3.8, 4) is 0 Å². The Bertz CT molecular complexity index is 1740. The number of aliphatic hydroxyl groups excluding tert-OH is 1. The first-order valence-electron chi connectivity index (χ1n) is 16.4. The lowest BCUT2D eigenvalue weighted by atomic mass is 9.74. The minimum absolute atomic E-state index is 0.183. The van der Waals surface area contributed by atoms with Crippen molar-refractivity contribution in [2.45, 2.75) is 57.0 Å². The number of anilines is 1. The molecule has 242 valence electrons. The van der Waals surface area contributed by atoms with Crippen molar-refractivity contribution in [2.75, 3.05) is 24.6 Å². The van der Waals surface area contributed by atoms with Crippen LogP contribution in [0.15, 0.2) is 103 Å². The monoisotopic (exact) mass is 631 g/mol. The van der Waals surface area contributed by atoms with Gasteiger partial charge in [-0.25, -0.2) is 0 Å². The number of nitrogens with zero attached hydrogens (tertiary/aromatic N) is 3. The lowest BCUT2D eigenvalue weighted by Gasteiger charge is -2.40. The van der Waals surface area contributed by atoms with Crippen LogP contribution in [0, 0.1) is 25.7 Å². The number of hydrogen-bond donors (Lipinski definition) is 1. The van der Waals surface area contributed by atoms with E-state index in [1.54, 1.807) is 14.7 Å². The zero-order valence-corrected chi connectivity index (χ0v) is 27.1. The predicted octanol–water partition coefficient (Wildman–Crippen LogP) is 4.38. The Balaban J connectivity index is 1.36. The van der Waals surface area contributed by atoms with Crippen LogP contribution in [-0.2, 0) is 32.1 Å². The van der Waals surface area contributed by atoms with E-state index in [1.807, 2.05) is 124 Å². The number of ether oxygens (including phenoxy) is 1. The van der Waals surface area contributed by atoms with Crippen molar-refractivity contribution < 1.29 is 24.2 Å².